The van der Waals surface area contributed by atoms with E-state index < -0.39 is 26.1 Å². The highest BCUT2D eigenvalue weighted by atomic mass is 32.1. The van der Waals surface area contributed by atoms with Gasteiger partial charge in [0.05, 0.1) is 12.3 Å². The molecule has 7 nitrogen and oxygen atoms in total. The summed E-state index contributed by atoms with van der Waals surface area (Å²) in [4.78, 5) is 28.3. The van der Waals surface area contributed by atoms with Crippen molar-refractivity contribution in [3.63, 3.8) is 0 Å². The third kappa shape index (κ3) is 6.09. The first kappa shape index (κ1) is 21.6. The van der Waals surface area contributed by atoms with E-state index in [1.54, 1.807) is 26.2 Å². The Morgan fingerprint density at radius 1 is 1.24 bits per heavy atom. The first-order chi connectivity index (χ1) is 11.1. The van der Waals surface area contributed by atoms with Gasteiger partial charge in [-0.25, -0.2) is 14.6 Å². The van der Waals surface area contributed by atoms with Gasteiger partial charge < -0.3 is 14.3 Å². The Balaban J connectivity index is 2.90. The van der Waals surface area contributed by atoms with E-state index in [4.69, 9.17) is 9.16 Å². The zero-order chi connectivity index (χ0) is 19.6. The summed E-state index contributed by atoms with van der Waals surface area (Å²) in [5, 5.41) is 11.2. The molecule has 2 amide bonds. The van der Waals surface area contributed by atoms with Crippen LogP contribution in [0.4, 0.5) is 14.7 Å². The van der Waals surface area contributed by atoms with Gasteiger partial charge in [0, 0.05) is 5.38 Å². The Labute approximate surface area is 154 Å². The molecule has 0 aromatic carbocycles. The third-order valence-corrected chi connectivity index (χ3v) is 9.24. The second-order valence-corrected chi connectivity index (χ2v) is 13.9. The van der Waals surface area contributed by atoms with Gasteiger partial charge in [-0.3, -0.25) is 0 Å². The molecule has 0 spiro atoms. The van der Waals surface area contributed by atoms with Crippen LogP contribution in [0.1, 0.15) is 47.2 Å². The summed E-state index contributed by atoms with van der Waals surface area (Å²) in [6.07, 6.45) is -2.40. The number of rotatable bonds is 4. The molecule has 25 heavy (non-hydrogen) atoms. The summed E-state index contributed by atoms with van der Waals surface area (Å²) in [7, 11) is -1.94. The highest BCUT2D eigenvalue weighted by molar-refractivity contribution is 7.14. The van der Waals surface area contributed by atoms with Crippen LogP contribution >= 0.6 is 11.3 Å². The molecule has 0 fully saturated rings. The number of anilines is 1. The number of nitrogens with zero attached hydrogens (tertiary/aromatic N) is 2. The van der Waals surface area contributed by atoms with Crippen LogP contribution in [0, 0.1) is 0 Å². The average Bonchev–Trinajstić information content (AvgIpc) is 2.81. The molecule has 0 bridgehead atoms. The molecule has 0 radical (unpaired) electrons. The molecule has 0 atom stereocenters. The van der Waals surface area contributed by atoms with Crippen molar-refractivity contribution in [1.29, 1.82) is 0 Å². The molecular weight excluding hydrogens is 360 g/mol. The third-order valence-electron chi connectivity index (χ3n) is 3.89. The van der Waals surface area contributed by atoms with E-state index in [1.807, 2.05) is 0 Å². The number of carbonyl (C=O) groups is 2. The molecule has 0 unspecified atom stereocenters. The van der Waals surface area contributed by atoms with Crippen LogP contribution in [0.5, 0.6) is 0 Å². The van der Waals surface area contributed by atoms with Crippen LogP contribution in [0.3, 0.4) is 0 Å². The van der Waals surface area contributed by atoms with E-state index >= 15 is 0 Å². The maximum Gasteiger partial charge on any atom is 0.426 e. The Hall–Kier alpha value is -1.45. The second-order valence-electron chi connectivity index (χ2n) is 8.27. The largest absolute Gasteiger partial charge is 0.464 e. The number of amides is 2. The van der Waals surface area contributed by atoms with Gasteiger partial charge in [-0.05, 0) is 38.9 Å². The maximum atomic E-state index is 12.1. The molecule has 142 valence electrons. The van der Waals surface area contributed by atoms with Crippen molar-refractivity contribution in [1.82, 2.24) is 4.98 Å². The topological polar surface area (TPSA) is 89.0 Å². The van der Waals surface area contributed by atoms with Crippen molar-refractivity contribution in [2.45, 2.75) is 71.9 Å². The Bertz CT molecular complexity index is 631. The second kappa shape index (κ2) is 7.43. The molecule has 9 heteroatoms. The Kier molecular flexibility index (Phi) is 6.41. The molecule has 1 aromatic rings. The number of hydrogen-bond donors (Lipinski definition) is 1. The number of carbonyl (C=O) groups excluding carboxylic acids is 1. The van der Waals surface area contributed by atoms with Crippen LogP contribution in [0.25, 0.3) is 0 Å². The quantitative estimate of drug-likeness (QED) is 0.723. The minimum absolute atomic E-state index is 0.0515. The fourth-order valence-corrected chi connectivity index (χ4v) is 3.21. The summed E-state index contributed by atoms with van der Waals surface area (Å²) < 4.78 is 11.2. The molecule has 0 aliphatic heterocycles. The van der Waals surface area contributed by atoms with Gasteiger partial charge in [0.2, 0.25) is 5.13 Å². The summed E-state index contributed by atoms with van der Waals surface area (Å²) in [5.74, 6) is 0. The lowest BCUT2D eigenvalue weighted by molar-refractivity contribution is 0.0582. The van der Waals surface area contributed by atoms with E-state index in [0.29, 0.717) is 10.6 Å². The van der Waals surface area contributed by atoms with Gasteiger partial charge in [0.1, 0.15) is 5.60 Å². The lowest BCUT2D eigenvalue weighted by Crippen LogP contribution is -2.40. The fourth-order valence-electron chi connectivity index (χ4n) is 1.48. The van der Waals surface area contributed by atoms with Gasteiger partial charge in [-0.2, -0.15) is 4.90 Å². The van der Waals surface area contributed by atoms with Crippen molar-refractivity contribution in [3.05, 3.63) is 11.1 Å². The van der Waals surface area contributed by atoms with Crippen LogP contribution in [0.2, 0.25) is 18.1 Å². The zero-order valence-electron chi connectivity index (χ0n) is 16.2. The van der Waals surface area contributed by atoms with Crippen LogP contribution in [-0.2, 0) is 15.8 Å². The van der Waals surface area contributed by atoms with Crippen molar-refractivity contribution >= 4 is 37.0 Å². The first-order valence-electron chi connectivity index (χ1n) is 7.98. The molecule has 0 saturated heterocycles. The van der Waals surface area contributed by atoms with Crippen molar-refractivity contribution < 1.29 is 23.9 Å². The average molecular weight is 389 g/mol. The predicted octanol–water partition coefficient (Wildman–Crippen LogP) is 5.08. The summed E-state index contributed by atoms with van der Waals surface area (Å²) in [6.45, 7) is 16.0. The summed E-state index contributed by atoms with van der Waals surface area (Å²) in [6, 6.07) is 0. The van der Waals surface area contributed by atoms with E-state index in [9.17, 15) is 14.7 Å². The lowest BCUT2D eigenvalue weighted by Gasteiger charge is -2.35. The van der Waals surface area contributed by atoms with Crippen molar-refractivity contribution in [3.8, 4) is 0 Å². The van der Waals surface area contributed by atoms with Gasteiger partial charge >= 0.3 is 12.2 Å². The minimum Gasteiger partial charge on any atom is -0.464 e. The Morgan fingerprint density at radius 3 is 2.24 bits per heavy atom. The number of thiazole rings is 1. The lowest BCUT2D eigenvalue weighted by atomic mass is 10.2. The normalized spacial score (nSPS) is 12.8. The van der Waals surface area contributed by atoms with Gasteiger partial charge in [0.15, 0.2) is 8.32 Å². The smallest absolute Gasteiger partial charge is 0.426 e. The minimum atomic E-state index is -1.94. The van der Waals surface area contributed by atoms with Crippen LogP contribution < -0.4 is 4.90 Å². The number of ether oxygens (including phenoxy) is 1. The van der Waals surface area contributed by atoms with E-state index in [2.05, 4.69) is 38.8 Å². The monoisotopic (exact) mass is 388 g/mol. The number of carboxylic acid groups (broad SMARTS) is 1. The fraction of sp³-hybridized carbons (Fsp3) is 0.688. The van der Waals surface area contributed by atoms with E-state index in [-0.39, 0.29) is 16.8 Å². The number of hydrogen-bond acceptors (Lipinski definition) is 6. The highest BCUT2D eigenvalue weighted by Crippen LogP contribution is 2.37. The SMILES string of the molecule is CC(C)(C)OC(=O)N(C(=O)O)c1nc(CO[Si](C)(C)C(C)(C)C)cs1. The molecule has 1 heterocycles. The van der Waals surface area contributed by atoms with E-state index in [1.165, 1.54) is 0 Å². The van der Waals surface area contributed by atoms with Crippen molar-refractivity contribution in [2.75, 3.05) is 4.90 Å². The van der Waals surface area contributed by atoms with Crippen LogP contribution in [0.15, 0.2) is 5.38 Å². The zero-order valence-corrected chi connectivity index (χ0v) is 18.0. The molecule has 0 aliphatic carbocycles. The van der Waals surface area contributed by atoms with E-state index in [0.717, 1.165) is 11.3 Å². The van der Waals surface area contributed by atoms with Crippen LogP contribution in [-0.4, -0.2) is 36.2 Å². The maximum absolute atomic E-state index is 12.1. The standard InChI is InChI=1S/C16H28N2O5SSi/c1-15(2,3)23-14(21)18(13(19)20)12-17-11(10-24-12)9-22-25(7,8)16(4,5)6/h10H,9H2,1-8H3,(H,19,20). The Morgan fingerprint density at radius 2 is 1.80 bits per heavy atom. The first-order valence-corrected chi connectivity index (χ1v) is 11.8. The molecule has 1 aromatic heterocycles. The molecule has 1 N–H and O–H groups in total. The van der Waals surface area contributed by atoms with Gasteiger partial charge in [-0.15, -0.1) is 11.3 Å². The van der Waals surface area contributed by atoms with Gasteiger partial charge in [0.25, 0.3) is 0 Å². The predicted molar refractivity (Wildman–Crippen MR) is 101 cm³/mol. The van der Waals surface area contributed by atoms with Gasteiger partial charge in [-0.1, -0.05) is 20.8 Å². The highest BCUT2D eigenvalue weighted by Gasteiger charge is 2.37. The molecular formula is C16H28N2O5SSi. The molecule has 1 rings (SSSR count). The summed E-state index contributed by atoms with van der Waals surface area (Å²) >= 11 is 1.07. The van der Waals surface area contributed by atoms with Crippen molar-refractivity contribution in [2.24, 2.45) is 0 Å². The number of imide groups is 1. The number of aromatic nitrogens is 1. The summed E-state index contributed by atoms with van der Waals surface area (Å²) in [5.41, 5.74) is -0.198. The molecule has 0 aliphatic rings. The molecule has 0 saturated carbocycles.